The minimum atomic E-state index is -1.22. The Hall–Kier alpha value is -6.35. The number of carboxylic acid groups (broad SMARTS) is 1. The molecule has 14 heteroatoms. The van der Waals surface area contributed by atoms with Crippen LogP contribution in [0.2, 0.25) is 0 Å². The Morgan fingerprint density at radius 2 is 1.41 bits per heavy atom. The number of carbonyl (C=O) groups excluding carboxylic acids is 4. The molecule has 8 N–H and O–H groups in total. The van der Waals surface area contributed by atoms with Crippen LogP contribution in [0.25, 0.3) is 23.3 Å². The second-order valence-corrected chi connectivity index (χ2v) is 12.7. The minimum Gasteiger partial charge on any atom is -0.492 e. The number of ether oxygens (including phenoxy) is 2. The quantitative estimate of drug-likeness (QED) is 0.0536. The maximum Gasteiger partial charge on any atom is 0.326 e. The second kappa shape index (κ2) is 21.5. The fourth-order valence-corrected chi connectivity index (χ4v) is 5.72. The number of hydrogen-bond donors (Lipinski definition) is 6. The molecule has 0 bridgehead atoms. The predicted molar refractivity (Wildman–Crippen MR) is 214 cm³/mol. The highest BCUT2D eigenvalue weighted by Gasteiger charge is 2.25. The number of likely N-dealkylation sites (N-methyl/N-ethyl adjacent to an activating group) is 2. The van der Waals surface area contributed by atoms with Crippen molar-refractivity contribution in [1.29, 1.82) is 0 Å². The van der Waals surface area contributed by atoms with Crippen LogP contribution in [0.4, 0.5) is 0 Å². The van der Waals surface area contributed by atoms with E-state index in [2.05, 4.69) is 16.0 Å². The zero-order valence-electron chi connectivity index (χ0n) is 31.4. The number of rotatable bonds is 21. The molecule has 4 aromatic rings. The van der Waals surface area contributed by atoms with Crippen LogP contribution in [0.1, 0.15) is 38.7 Å². The molecule has 4 rings (SSSR count). The maximum atomic E-state index is 13.4. The third kappa shape index (κ3) is 12.1. The van der Waals surface area contributed by atoms with Crippen LogP contribution in [-0.4, -0.2) is 99.5 Å². The molecule has 3 amide bonds. The molecule has 0 saturated heterocycles. The number of carboxylic acids is 1. The van der Waals surface area contributed by atoms with Crippen LogP contribution in [-0.2, 0) is 25.6 Å². The van der Waals surface area contributed by atoms with Gasteiger partial charge in [0.25, 0.3) is 5.91 Å². The lowest BCUT2D eigenvalue weighted by Crippen LogP contribution is -2.45. The van der Waals surface area contributed by atoms with Gasteiger partial charge in [0.1, 0.15) is 43.1 Å². The molecule has 2 unspecified atom stereocenters. The van der Waals surface area contributed by atoms with E-state index in [1.54, 1.807) is 67.7 Å². The van der Waals surface area contributed by atoms with E-state index >= 15 is 0 Å². The summed E-state index contributed by atoms with van der Waals surface area (Å²) in [4.78, 5) is 64.5. The van der Waals surface area contributed by atoms with Crippen molar-refractivity contribution in [3.8, 4) is 22.6 Å². The zero-order chi connectivity index (χ0) is 40.5. The van der Waals surface area contributed by atoms with Gasteiger partial charge in [-0.1, -0.05) is 66.7 Å². The van der Waals surface area contributed by atoms with Crippen molar-refractivity contribution in [3.05, 3.63) is 119 Å². The Bertz CT molecular complexity index is 1990. The van der Waals surface area contributed by atoms with Crippen molar-refractivity contribution in [2.75, 3.05) is 53.5 Å². The monoisotopic (exact) mass is 764 g/mol. The first kappa shape index (κ1) is 42.4. The van der Waals surface area contributed by atoms with Gasteiger partial charge in [-0.05, 0) is 65.7 Å². The lowest BCUT2D eigenvalue weighted by Gasteiger charge is -2.26. The first-order chi connectivity index (χ1) is 27.1. The van der Waals surface area contributed by atoms with Crippen LogP contribution in [0, 0.1) is 0 Å². The summed E-state index contributed by atoms with van der Waals surface area (Å²) in [5.41, 5.74) is 15.7. The Kier molecular flexibility index (Phi) is 16.3. The Morgan fingerprint density at radius 1 is 0.804 bits per heavy atom. The molecule has 0 aliphatic heterocycles. The number of nitrogens with one attached hydrogen (secondary N) is 3. The van der Waals surface area contributed by atoms with Crippen LogP contribution < -0.4 is 36.9 Å². The maximum absolute atomic E-state index is 13.4. The lowest BCUT2D eigenvalue weighted by molar-refractivity contribution is -0.141. The third-order valence-electron chi connectivity index (χ3n) is 8.62. The van der Waals surface area contributed by atoms with E-state index in [0.717, 1.165) is 11.1 Å². The van der Waals surface area contributed by atoms with Crippen molar-refractivity contribution >= 4 is 42.1 Å². The summed E-state index contributed by atoms with van der Waals surface area (Å²) in [6.45, 7) is 0.321. The van der Waals surface area contributed by atoms with Gasteiger partial charge in [-0.3, -0.25) is 14.4 Å². The van der Waals surface area contributed by atoms with E-state index in [4.69, 9.17) is 20.9 Å². The van der Waals surface area contributed by atoms with Gasteiger partial charge in [0.2, 0.25) is 11.8 Å². The smallest absolute Gasteiger partial charge is 0.326 e. The summed E-state index contributed by atoms with van der Waals surface area (Å²) in [5.74, 6) is -1.87. The lowest BCUT2D eigenvalue weighted by atomic mass is 9.94. The number of hydrogen-bond acceptors (Lipinski definition) is 10. The van der Waals surface area contributed by atoms with Crippen LogP contribution >= 0.6 is 0 Å². The van der Waals surface area contributed by atoms with Gasteiger partial charge in [0.15, 0.2) is 0 Å². The van der Waals surface area contributed by atoms with Gasteiger partial charge in [0, 0.05) is 43.2 Å². The molecule has 56 heavy (non-hydrogen) atoms. The summed E-state index contributed by atoms with van der Waals surface area (Å²) in [7, 11) is 3.04. The number of aldehydes is 1. The number of carbonyl (C=O) groups is 5. The molecule has 0 aliphatic rings. The summed E-state index contributed by atoms with van der Waals surface area (Å²) < 4.78 is 11.9. The van der Waals surface area contributed by atoms with Gasteiger partial charge < -0.3 is 51.7 Å². The van der Waals surface area contributed by atoms with E-state index in [0.29, 0.717) is 45.6 Å². The van der Waals surface area contributed by atoms with E-state index in [1.807, 2.05) is 42.5 Å². The van der Waals surface area contributed by atoms with E-state index in [1.165, 1.54) is 11.9 Å². The van der Waals surface area contributed by atoms with E-state index in [-0.39, 0.29) is 45.8 Å². The molecule has 14 nitrogen and oxygen atoms in total. The molecular weight excluding hydrogens is 716 g/mol. The van der Waals surface area contributed by atoms with Crippen LogP contribution in [0.3, 0.4) is 0 Å². The van der Waals surface area contributed by atoms with E-state index in [9.17, 15) is 29.1 Å². The summed E-state index contributed by atoms with van der Waals surface area (Å²) in [6.07, 6.45) is 4.47. The highest BCUT2D eigenvalue weighted by molar-refractivity contribution is 5.97. The molecule has 4 aromatic carbocycles. The Morgan fingerprint density at radius 3 is 2.00 bits per heavy atom. The first-order valence-electron chi connectivity index (χ1n) is 18.0. The molecule has 0 fully saturated rings. The number of benzene rings is 4. The van der Waals surface area contributed by atoms with E-state index < -0.39 is 35.8 Å². The molecule has 2 atom stereocenters. The predicted octanol–water partition coefficient (Wildman–Crippen LogP) is 2.66. The van der Waals surface area contributed by atoms with Crippen molar-refractivity contribution in [2.24, 2.45) is 11.5 Å². The van der Waals surface area contributed by atoms with Crippen LogP contribution in [0.5, 0.6) is 11.5 Å². The molecule has 0 aliphatic carbocycles. The number of aliphatic carboxylic acids is 1. The highest BCUT2D eigenvalue weighted by Crippen LogP contribution is 2.39. The highest BCUT2D eigenvalue weighted by atomic mass is 16.5. The largest absolute Gasteiger partial charge is 0.492 e. The topological polar surface area (TPSA) is 215 Å². The number of nitrogens with two attached hydrogens (primary N) is 2. The van der Waals surface area contributed by atoms with Crippen molar-refractivity contribution in [3.63, 3.8) is 0 Å². The standard InChI is InChI=1S/C42H48N6O8/c1-45-25-39(50)47-35(42(53)54)23-30-12-16-37(55-20-18-43)33(22-30)34-24-32(15-17-38(34)56-21-19-44)36(27-49)48(2)40(51)26-46-41(52)31-13-10-29(11-14-31)9-8-28-6-4-3-5-7-28/h3-17,22,24,27,35-36,45H,18-21,23,25-26,43-44H2,1-2H3,(H,46,52)(H,47,50)(H,53,54)/b9-8+. The van der Waals surface area contributed by atoms with Crippen molar-refractivity contribution < 1.29 is 38.6 Å². The van der Waals surface area contributed by atoms with Crippen LogP contribution in [0.15, 0.2) is 91.0 Å². The third-order valence-corrected chi connectivity index (χ3v) is 8.62. The SMILES string of the molecule is CNCC(=O)NC(Cc1ccc(OCCN)c(-c2cc(C(C=O)N(C)C(=O)CNC(=O)c3ccc(/C=C/c4ccccc4)cc3)ccc2OCCN)c1)C(=O)O. The molecule has 294 valence electrons. The van der Waals surface area contributed by atoms with Gasteiger partial charge in [0.05, 0.1) is 13.1 Å². The summed E-state index contributed by atoms with van der Waals surface area (Å²) in [5, 5.41) is 17.7. The summed E-state index contributed by atoms with van der Waals surface area (Å²) >= 11 is 0. The fraction of sp³-hybridized carbons (Fsp3) is 0.262. The molecule has 0 radical (unpaired) electrons. The Labute approximate surface area is 325 Å². The average Bonchev–Trinajstić information content (AvgIpc) is 3.21. The van der Waals surface area contributed by atoms with Gasteiger partial charge in [-0.25, -0.2) is 4.79 Å². The molecule has 0 heterocycles. The average molecular weight is 765 g/mol. The molecule has 0 aromatic heterocycles. The normalized spacial score (nSPS) is 12.0. The van der Waals surface area contributed by atoms with Crippen molar-refractivity contribution in [1.82, 2.24) is 20.9 Å². The zero-order valence-corrected chi connectivity index (χ0v) is 31.4. The minimum absolute atomic E-state index is 0.0526. The summed E-state index contributed by atoms with van der Waals surface area (Å²) in [6, 6.07) is 24.5. The molecule has 0 saturated carbocycles. The van der Waals surface area contributed by atoms with Gasteiger partial charge in [-0.15, -0.1) is 0 Å². The first-order valence-corrected chi connectivity index (χ1v) is 18.0. The molecule has 0 spiro atoms. The Balaban J connectivity index is 1.57. The number of nitrogens with zero attached hydrogens (tertiary/aromatic N) is 1. The number of amides is 3. The van der Waals surface area contributed by atoms with Crippen molar-refractivity contribution in [2.45, 2.75) is 18.5 Å². The molecular formula is C42H48N6O8. The second-order valence-electron chi connectivity index (χ2n) is 12.7. The fourth-order valence-electron chi connectivity index (χ4n) is 5.72. The van der Waals surface area contributed by atoms with Gasteiger partial charge in [-0.2, -0.15) is 0 Å². The van der Waals surface area contributed by atoms with Gasteiger partial charge >= 0.3 is 5.97 Å².